The molecule has 7 nitrogen and oxygen atoms in total. The van der Waals surface area contributed by atoms with Gasteiger partial charge >= 0.3 is 0 Å². The van der Waals surface area contributed by atoms with Crippen molar-refractivity contribution < 1.29 is 9.72 Å². The van der Waals surface area contributed by atoms with Crippen LogP contribution in [0.5, 0.6) is 0 Å². The molecule has 0 aliphatic carbocycles. The minimum absolute atomic E-state index is 0.00134. The number of nitro groups is 1. The third-order valence-corrected chi connectivity index (χ3v) is 3.38. The van der Waals surface area contributed by atoms with Crippen LogP contribution in [0.4, 0.5) is 11.4 Å². The number of nitro benzene ring substituents is 1. The molecular weight excluding hydrogens is 280 g/mol. The molecule has 0 aromatic heterocycles. The summed E-state index contributed by atoms with van der Waals surface area (Å²) in [4.78, 5) is 22.5. The molecular formula is C12H18N4O3S. The minimum atomic E-state index is -0.582. The first kappa shape index (κ1) is 16.3. The second-order valence-electron chi connectivity index (χ2n) is 4.29. The van der Waals surface area contributed by atoms with Crippen molar-refractivity contribution in [2.45, 2.75) is 19.4 Å². The Morgan fingerprint density at radius 1 is 1.55 bits per heavy atom. The quantitative estimate of drug-likeness (QED) is 0.402. The molecule has 1 aromatic rings. The number of rotatable bonds is 7. The number of hydrogen-bond donors (Lipinski definition) is 3. The number of carbonyl (C=O) groups is 1. The van der Waals surface area contributed by atoms with Crippen LogP contribution in [0.25, 0.3) is 0 Å². The van der Waals surface area contributed by atoms with Crippen LogP contribution in [-0.4, -0.2) is 28.9 Å². The fourth-order valence-corrected chi connectivity index (χ4v) is 2.22. The van der Waals surface area contributed by atoms with Gasteiger partial charge in [0.05, 0.1) is 4.92 Å². The summed E-state index contributed by atoms with van der Waals surface area (Å²) in [6, 6.07) is 4.03. The predicted octanol–water partition coefficient (Wildman–Crippen LogP) is 1.75. The van der Waals surface area contributed by atoms with Crippen LogP contribution in [-0.2, 0) is 0 Å². The summed E-state index contributed by atoms with van der Waals surface area (Å²) >= 11 is 1.68. The molecule has 0 radical (unpaired) electrons. The van der Waals surface area contributed by atoms with Gasteiger partial charge in [0.2, 0.25) is 0 Å². The Labute approximate surface area is 121 Å². The van der Waals surface area contributed by atoms with Crippen molar-refractivity contribution in [3.05, 3.63) is 33.9 Å². The molecule has 1 amide bonds. The highest BCUT2D eigenvalue weighted by atomic mass is 32.2. The molecule has 0 saturated heterocycles. The average molecular weight is 298 g/mol. The van der Waals surface area contributed by atoms with Crippen LogP contribution in [0.2, 0.25) is 0 Å². The smallest absolute Gasteiger partial charge is 0.282 e. The lowest BCUT2D eigenvalue weighted by Crippen LogP contribution is -2.33. The predicted molar refractivity (Wildman–Crippen MR) is 80.8 cm³/mol. The summed E-state index contributed by atoms with van der Waals surface area (Å²) in [5.74, 6) is 5.70. The average Bonchev–Trinajstić information content (AvgIpc) is 2.44. The Balaban J connectivity index is 2.92. The van der Waals surface area contributed by atoms with Crippen LogP contribution in [0.3, 0.4) is 0 Å². The van der Waals surface area contributed by atoms with Gasteiger partial charge in [-0.2, -0.15) is 11.8 Å². The van der Waals surface area contributed by atoms with Crippen molar-refractivity contribution in [1.82, 2.24) is 5.32 Å². The molecule has 0 aliphatic heterocycles. The lowest BCUT2D eigenvalue weighted by atomic mass is 10.1. The number of nitrogens with two attached hydrogens (primary N) is 1. The molecule has 0 bridgehead atoms. The van der Waals surface area contributed by atoms with Gasteiger partial charge in [0, 0.05) is 17.8 Å². The normalized spacial score (nSPS) is 11.8. The molecule has 20 heavy (non-hydrogen) atoms. The van der Waals surface area contributed by atoms with E-state index in [-0.39, 0.29) is 17.3 Å². The maximum absolute atomic E-state index is 12.1. The van der Waals surface area contributed by atoms with Gasteiger partial charge in [-0.25, -0.2) is 0 Å². The van der Waals surface area contributed by atoms with Crippen LogP contribution >= 0.6 is 11.8 Å². The monoisotopic (exact) mass is 298 g/mol. The zero-order valence-electron chi connectivity index (χ0n) is 11.4. The van der Waals surface area contributed by atoms with E-state index in [0.717, 1.165) is 12.2 Å². The highest BCUT2D eigenvalue weighted by molar-refractivity contribution is 7.98. The second-order valence-corrected chi connectivity index (χ2v) is 5.27. The molecule has 4 N–H and O–H groups in total. The van der Waals surface area contributed by atoms with Crippen molar-refractivity contribution in [1.29, 1.82) is 0 Å². The van der Waals surface area contributed by atoms with E-state index in [1.807, 2.05) is 13.2 Å². The molecule has 0 aliphatic rings. The number of nitrogens with zero attached hydrogens (tertiary/aromatic N) is 1. The Morgan fingerprint density at radius 3 is 2.80 bits per heavy atom. The molecule has 1 atom stereocenters. The summed E-state index contributed by atoms with van der Waals surface area (Å²) in [7, 11) is 0. The fourth-order valence-electron chi connectivity index (χ4n) is 1.64. The third kappa shape index (κ3) is 4.39. The van der Waals surface area contributed by atoms with Crippen molar-refractivity contribution >= 4 is 29.0 Å². The number of thioether (sulfide) groups is 1. The van der Waals surface area contributed by atoms with Gasteiger partial charge < -0.3 is 10.7 Å². The number of nitrogens with one attached hydrogen (secondary N) is 2. The Kier molecular flexibility index (Phi) is 6.26. The summed E-state index contributed by atoms with van der Waals surface area (Å²) in [6.07, 6.45) is 2.78. The van der Waals surface area contributed by atoms with E-state index in [1.165, 1.54) is 18.2 Å². The van der Waals surface area contributed by atoms with E-state index in [1.54, 1.807) is 11.8 Å². The standard InChI is InChI=1S/C12H18N4O3S/c1-8(5-6-20-2)14-12(17)10-7-9(15-13)3-4-11(10)16(18)19/h3-4,7-8,15H,5-6,13H2,1-2H3,(H,14,17). The Bertz CT molecular complexity index is 496. The van der Waals surface area contributed by atoms with Gasteiger partial charge in [-0.05, 0) is 37.5 Å². The summed E-state index contributed by atoms with van der Waals surface area (Å²) < 4.78 is 0. The Morgan fingerprint density at radius 2 is 2.25 bits per heavy atom. The van der Waals surface area contributed by atoms with E-state index in [0.29, 0.717) is 5.69 Å². The lowest BCUT2D eigenvalue weighted by Gasteiger charge is -2.13. The lowest BCUT2D eigenvalue weighted by molar-refractivity contribution is -0.385. The van der Waals surface area contributed by atoms with Crippen LogP contribution < -0.4 is 16.6 Å². The first-order chi connectivity index (χ1) is 9.49. The molecule has 0 saturated carbocycles. The molecule has 1 aromatic carbocycles. The Hall–Kier alpha value is -1.80. The zero-order chi connectivity index (χ0) is 15.1. The van der Waals surface area contributed by atoms with E-state index in [2.05, 4.69) is 10.7 Å². The molecule has 0 heterocycles. The summed E-state index contributed by atoms with van der Waals surface area (Å²) in [6.45, 7) is 1.87. The van der Waals surface area contributed by atoms with Crippen molar-refractivity contribution in [2.75, 3.05) is 17.4 Å². The van der Waals surface area contributed by atoms with E-state index in [9.17, 15) is 14.9 Å². The number of hydrazine groups is 1. The van der Waals surface area contributed by atoms with Crippen molar-refractivity contribution in [3.8, 4) is 0 Å². The maximum Gasteiger partial charge on any atom is 0.282 e. The second kappa shape index (κ2) is 7.71. The number of anilines is 1. The number of nitrogen functional groups attached to an aromatic ring is 1. The maximum atomic E-state index is 12.1. The first-order valence-corrected chi connectivity index (χ1v) is 7.43. The fraction of sp³-hybridized carbons (Fsp3) is 0.417. The van der Waals surface area contributed by atoms with E-state index in [4.69, 9.17) is 5.84 Å². The minimum Gasteiger partial charge on any atom is -0.349 e. The SMILES string of the molecule is CSCCC(C)NC(=O)c1cc(NN)ccc1[N+](=O)[O-]. The van der Waals surface area contributed by atoms with Gasteiger partial charge in [-0.3, -0.25) is 20.8 Å². The summed E-state index contributed by atoms with van der Waals surface area (Å²) in [5, 5.41) is 13.7. The highest BCUT2D eigenvalue weighted by Gasteiger charge is 2.21. The van der Waals surface area contributed by atoms with Crippen LogP contribution in [0.15, 0.2) is 18.2 Å². The van der Waals surface area contributed by atoms with Gasteiger partial charge in [0.25, 0.3) is 11.6 Å². The van der Waals surface area contributed by atoms with Gasteiger partial charge in [0.15, 0.2) is 0 Å². The van der Waals surface area contributed by atoms with Gasteiger partial charge in [-0.15, -0.1) is 0 Å². The van der Waals surface area contributed by atoms with Gasteiger partial charge in [-0.1, -0.05) is 0 Å². The topological polar surface area (TPSA) is 110 Å². The van der Waals surface area contributed by atoms with Crippen molar-refractivity contribution in [2.24, 2.45) is 5.84 Å². The molecule has 110 valence electrons. The zero-order valence-corrected chi connectivity index (χ0v) is 12.2. The number of amides is 1. The molecule has 1 unspecified atom stereocenters. The van der Waals surface area contributed by atoms with Crippen molar-refractivity contribution in [3.63, 3.8) is 0 Å². The molecule has 0 spiro atoms. The number of hydrogen-bond acceptors (Lipinski definition) is 6. The number of carbonyl (C=O) groups excluding carboxylic acids is 1. The molecule has 8 heteroatoms. The molecule has 1 rings (SSSR count). The largest absolute Gasteiger partial charge is 0.349 e. The first-order valence-electron chi connectivity index (χ1n) is 6.04. The number of benzene rings is 1. The van der Waals surface area contributed by atoms with E-state index < -0.39 is 10.8 Å². The summed E-state index contributed by atoms with van der Waals surface area (Å²) in [5.41, 5.74) is 2.58. The highest BCUT2D eigenvalue weighted by Crippen LogP contribution is 2.22. The third-order valence-electron chi connectivity index (χ3n) is 2.74. The van der Waals surface area contributed by atoms with Crippen LogP contribution in [0.1, 0.15) is 23.7 Å². The molecule has 0 fully saturated rings. The van der Waals surface area contributed by atoms with Gasteiger partial charge in [0.1, 0.15) is 5.56 Å². The van der Waals surface area contributed by atoms with Crippen LogP contribution in [0, 0.1) is 10.1 Å². The van der Waals surface area contributed by atoms with E-state index >= 15 is 0 Å².